The van der Waals surface area contributed by atoms with Crippen molar-refractivity contribution in [3.63, 3.8) is 0 Å². The number of hydrogen-bond donors (Lipinski definition) is 0. The molecule has 0 aliphatic carbocycles. The lowest BCUT2D eigenvalue weighted by Crippen LogP contribution is -2.50. The van der Waals surface area contributed by atoms with E-state index in [0.717, 1.165) is 50.5 Å². The Morgan fingerprint density at radius 1 is 1.00 bits per heavy atom. The quantitative estimate of drug-likeness (QED) is 0.654. The molecule has 0 aromatic heterocycles. The number of hydrogen-bond acceptors (Lipinski definition) is 5. The minimum atomic E-state index is -0.135. The van der Waals surface area contributed by atoms with E-state index < -0.39 is 0 Å². The third-order valence-corrected chi connectivity index (χ3v) is 7.89. The van der Waals surface area contributed by atoms with Gasteiger partial charge < -0.3 is 4.90 Å². The predicted octanol–water partition coefficient (Wildman–Crippen LogP) is 3.36. The Balaban J connectivity index is 1.28. The molecule has 0 N–H and O–H groups in total. The van der Waals surface area contributed by atoms with Gasteiger partial charge in [0.05, 0.1) is 6.54 Å². The predicted molar refractivity (Wildman–Crippen MR) is 129 cm³/mol. The van der Waals surface area contributed by atoms with E-state index in [-0.39, 0.29) is 11.2 Å². The van der Waals surface area contributed by atoms with Crippen molar-refractivity contribution >= 4 is 11.5 Å². The van der Waals surface area contributed by atoms with E-state index in [1.165, 1.54) is 30.6 Å². The first-order valence-corrected chi connectivity index (χ1v) is 12.1. The van der Waals surface area contributed by atoms with Gasteiger partial charge in [0.1, 0.15) is 0 Å². The number of likely N-dealkylation sites (N-methyl/N-ethyl adjacent to an activating group) is 1. The molecule has 2 saturated heterocycles. The monoisotopic (exact) mass is 424 g/mol. The maximum absolute atomic E-state index is 12.9. The zero-order valence-electron chi connectivity index (χ0n) is 20.1. The second-order valence-corrected chi connectivity index (χ2v) is 10.3. The van der Waals surface area contributed by atoms with Crippen molar-refractivity contribution < 1.29 is 4.79 Å². The van der Waals surface area contributed by atoms with Crippen molar-refractivity contribution in [2.75, 3.05) is 57.8 Å². The minimum Gasteiger partial charge on any atom is -0.347 e. The fourth-order valence-corrected chi connectivity index (χ4v) is 5.79. The molecule has 2 atom stereocenters. The number of carbonyl (C=O) groups excluding carboxylic acids is 1. The van der Waals surface area contributed by atoms with Crippen LogP contribution in [0.25, 0.3) is 0 Å². The molecule has 5 nitrogen and oxygen atoms in total. The molecule has 1 aromatic carbocycles. The van der Waals surface area contributed by atoms with Crippen LogP contribution >= 0.6 is 0 Å². The maximum Gasteiger partial charge on any atom is 0.171 e. The summed E-state index contributed by atoms with van der Waals surface area (Å²) < 4.78 is 0. The second kappa shape index (κ2) is 9.05. The summed E-state index contributed by atoms with van der Waals surface area (Å²) in [6, 6.07) is 9.94. The van der Waals surface area contributed by atoms with Gasteiger partial charge >= 0.3 is 0 Å². The van der Waals surface area contributed by atoms with Crippen molar-refractivity contribution in [3.05, 3.63) is 41.6 Å². The number of rotatable bonds is 6. The number of nitrogens with zero attached hydrogens (tertiary/aromatic N) is 4. The Morgan fingerprint density at radius 2 is 1.61 bits per heavy atom. The van der Waals surface area contributed by atoms with Crippen molar-refractivity contribution in [1.82, 2.24) is 14.7 Å². The molecule has 0 radical (unpaired) electrons. The standard InChI is InChI=1S/C26H40N4O/c1-20-10-11-21(2)30(20)17-16-28-12-14-29(15-13-28)19-22(31)18-25-26(3,4)23-8-6-7-9-24(23)27(25)5/h6-9,18,20-21H,10-17,19H2,1-5H3/b25-18+. The van der Waals surface area contributed by atoms with Crippen LogP contribution in [0.15, 0.2) is 36.0 Å². The van der Waals surface area contributed by atoms with Crippen LogP contribution in [0, 0.1) is 0 Å². The lowest BCUT2D eigenvalue weighted by molar-refractivity contribution is -0.116. The van der Waals surface area contributed by atoms with Gasteiger partial charge in [-0.15, -0.1) is 0 Å². The van der Waals surface area contributed by atoms with Crippen molar-refractivity contribution in [2.24, 2.45) is 0 Å². The van der Waals surface area contributed by atoms with E-state index in [9.17, 15) is 4.79 Å². The number of benzene rings is 1. The Morgan fingerprint density at radius 3 is 2.26 bits per heavy atom. The molecule has 0 bridgehead atoms. The summed E-state index contributed by atoms with van der Waals surface area (Å²) in [6.07, 6.45) is 4.57. The van der Waals surface area contributed by atoms with E-state index in [1.54, 1.807) is 0 Å². The highest BCUT2D eigenvalue weighted by Crippen LogP contribution is 2.46. The van der Waals surface area contributed by atoms with E-state index in [0.29, 0.717) is 6.54 Å². The third-order valence-electron chi connectivity index (χ3n) is 7.89. The fourth-order valence-electron chi connectivity index (χ4n) is 5.79. The maximum atomic E-state index is 12.9. The van der Waals surface area contributed by atoms with Crippen LogP contribution in [-0.2, 0) is 10.2 Å². The minimum absolute atomic E-state index is 0.135. The molecule has 3 aliphatic heterocycles. The van der Waals surface area contributed by atoms with Crippen LogP contribution in [0.3, 0.4) is 0 Å². The van der Waals surface area contributed by atoms with Gasteiger partial charge in [0, 0.05) is 81.3 Å². The number of allylic oxidation sites excluding steroid dienone is 1. The van der Waals surface area contributed by atoms with E-state index in [4.69, 9.17) is 0 Å². The summed E-state index contributed by atoms with van der Waals surface area (Å²) >= 11 is 0. The molecule has 3 heterocycles. The van der Waals surface area contributed by atoms with Crippen molar-refractivity contribution in [1.29, 1.82) is 0 Å². The molecule has 170 valence electrons. The highest BCUT2D eigenvalue weighted by molar-refractivity contribution is 5.94. The first kappa shape index (κ1) is 22.5. The zero-order chi connectivity index (χ0) is 22.2. The normalized spacial score (nSPS) is 28.4. The Kier molecular flexibility index (Phi) is 6.57. The van der Waals surface area contributed by atoms with Crippen molar-refractivity contribution in [2.45, 2.75) is 58.0 Å². The number of likely N-dealkylation sites (tertiary alicyclic amines) is 1. The Hall–Kier alpha value is -1.69. The highest BCUT2D eigenvalue weighted by Gasteiger charge is 2.38. The second-order valence-electron chi connectivity index (χ2n) is 10.3. The number of para-hydroxylation sites is 1. The summed E-state index contributed by atoms with van der Waals surface area (Å²) in [5.74, 6) is 0.218. The number of carbonyl (C=O) groups is 1. The van der Waals surface area contributed by atoms with Gasteiger partial charge in [-0.25, -0.2) is 0 Å². The van der Waals surface area contributed by atoms with Crippen LogP contribution in [0.4, 0.5) is 5.69 Å². The smallest absolute Gasteiger partial charge is 0.171 e. The fraction of sp³-hybridized carbons (Fsp3) is 0.654. The molecule has 2 unspecified atom stereocenters. The first-order valence-electron chi connectivity index (χ1n) is 12.1. The molecule has 3 aliphatic rings. The van der Waals surface area contributed by atoms with E-state index in [1.807, 2.05) is 6.08 Å². The molecule has 0 amide bonds. The topological polar surface area (TPSA) is 30.0 Å². The number of fused-ring (bicyclic) bond motifs is 1. The van der Waals surface area contributed by atoms with Crippen LogP contribution in [0.2, 0.25) is 0 Å². The van der Waals surface area contributed by atoms with Crippen LogP contribution in [-0.4, -0.2) is 85.4 Å². The third kappa shape index (κ3) is 4.59. The van der Waals surface area contributed by atoms with E-state index >= 15 is 0 Å². The summed E-state index contributed by atoms with van der Waals surface area (Å²) in [7, 11) is 2.08. The molecular weight excluding hydrogens is 384 g/mol. The summed E-state index contributed by atoms with van der Waals surface area (Å²) in [4.78, 5) is 22.7. The van der Waals surface area contributed by atoms with Crippen LogP contribution < -0.4 is 4.90 Å². The molecule has 5 heteroatoms. The number of anilines is 1. The number of ketones is 1. The van der Waals surface area contributed by atoms with Crippen LogP contribution in [0.5, 0.6) is 0 Å². The molecule has 31 heavy (non-hydrogen) atoms. The first-order chi connectivity index (χ1) is 14.8. The van der Waals surface area contributed by atoms with Crippen LogP contribution in [0.1, 0.15) is 46.1 Å². The molecule has 4 rings (SSSR count). The summed E-state index contributed by atoms with van der Waals surface area (Å²) in [5.41, 5.74) is 3.48. The van der Waals surface area contributed by atoms with Gasteiger partial charge in [-0.2, -0.15) is 0 Å². The highest BCUT2D eigenvalue weighted by atomic mass is 16.1. The average molecular weight is 425 g/mol. The zero-order valence-corrected chi connectivity index (χ0v) is 20.1. The van der Waals surface area contributed by atoms with Gasteiger partial charge in [0.2, 0.25) is 0 Å². The molecule has 0 saturated carbocycles. The van der Waals surface area contributed by atoms with E-state index in [2.05, 4.69) is 78.6 Å². The molecular formula is C26H40N4O. The van der Waals surface area contributed by atoms with Gasteiger partial charge in [-0.05, 0) is 38.3 Å². The summed E-state index contributed by atoms with van der Waals surface area (Å²) in [5, 5.41) is 0. The molecule has 1 aromatic rings. The lowest BCUT2D eigenvalue weighted by atomic mass is 9.83. The average Bonchev–Trinajstić information content (AvgIpc) is 3.16. The largest absolute Gasteiger partial charge is 0.347 e. The lowest BCUT2D eigenvalue weighted by Gasteiger charge is -2.36. The Bertz CT molecular complexity index is 814. The molecule has 2 fully saturated rings. The SMILES string of the molecule is CC1CCC(C)N1CCN1CCN(CC(=O)/C=C2/N(C)c3ccccc3C2(C)C)CC1. The van der Waals surface area contributed by atoms with Crippen molar-refractivity contribution in [3.8, 4) is 0 Å². The number of piperazine rings is 1. The molecule has 0 spiro atoms. The van der Waals surface area contributed by atoms with Gasteiger partial charge in [-0.1, -0.05) is 32.0 Å². The van der Waals surface area contributed by atoms with Gasteiger partial charge in [0.15, 0.2) is 5.78 Å². The summed E-state index contributed by atoms with van der Waals surface area (Å²) in [6.45, 7) is 16.1. The van der Waals surface area contributed by atoms with Gasteiger partial charge in [0.25, 0.3) is 0 Å². The Labute approximate surface area is 188 Å². The van der Waals surface area contributed by atoms with Gasteiger partial charge in [-0.3, -0.25) is 19.5 Å².